The van der Waals surface area contributed by atoms with Crippen LogP contribution >= 0.6 is 11.3 Å². The van der Waals surface area contributed by atoms with Gasteiger partial charge in [-0.1, -0.05) is 17.4 Å². The second kappa shape index (κ2) is 7.69. The molecule has 1 aliphatic rings. The van der Waals surface area contributed by atoms with Crippen molar-refractivity contribution in [1.29, 1.82) is 0 Å². The molecule has 4 heterocycles. The standard InChI is InChI=1S/C20H18F3N7OS/c1-11-2-3-13-14(10-11)32-19(24-13)25-17(31)12-6-8-29(9-7-12)16-5-4-15-26-27-18(20(21,22)23)30(15)28-16/h2-5,10,12H,6-9H2,1H3,(H,24,25,31). The van der Waals surface area contributed by atoms with Gasteiger partial charge in [0, 0.05) is 19.0 Å². The Kier molecular flexibility index (Phi) is 4.96. The lowest BCUT2D eigenvalue weighted by Gasteiger charge is -2.31. The number of carbonyl (C=O) groups is 1. The van der Waals surface area contributed by atoms with Crippen LogP contribution in [0, 0.1) is 12.8 Å². The Balaban J connectivity index is 1.25. The zero-order valence-corrected chi connectivity index (χ0v) is 17.7. The molecule has 1 aromatic carbocycles. The zero-order valence-electron chi connectivity index (χ0n) is 16.9. The molecule has 1 fully saturated rings. The summed E-state index contributed by atoms with van der Waals surface area (Å²) in [6, 6.07) is 9.02. The molecule has 0 bridgehead atoms. The van der Waals surface area contributed by atoms with Crippen molar-refractivity contribution in [2.75, 3.05) is 23.3 Å². The van der Waals surface area contributed by atoms with Gasteiger partial charge in [-0.25, -0.2) is 4.98 Å². The first-order valence-corrected chi connectivity index (χ1v) is 10.8. The molecule has 0 aliphatic carbocycles. The number of halogens is 3. The minimum atomic E-state index is -4.64. The summed E-state index contributed by atoms with van der Waals surface area (Å²) < 4.78 is 41.0. The first kappa shape index (κ1) is 20.6. The fourth-order valence-corrected chi connectivity index (χ4v) is 4.76. The Bertz CT molecular complexity index is 1310. The van der Waals surface area contributed by atoms with E-state index in [9.17, 15) is 18.0 Å². The van der Waals surface area contributed by atoms with Gasteiger partial charge in [-0.15, -0.1) is 15.3 Å². The third kappa shape index (κ3) is 3.85. The fraction of sp³-hybridized carbons (Fsp3) is 0.350. The maximum atomic E-state index is 13.1. The average Bonchev–Trinajstić information content (AvgIpc) is 3.36. The molecular formula is C20H18F3N7OS. The number of piperidine rings is 1. The Hall–Kier alpha value is -3.28. The van der Waals surface area contributed by atoms with Crippen molar-refractivity contribution in [3.05, 3.63) is 41.7 Å². The number of nitrogens with zero attached hydrogens (tertiary/aromatic N) is 6. The first-order valence-electron chi connectivity index (χ1n) is 10.0. The van der Waals surface area contributed by atoms with Gasteiger partial charge in [-0.3, -0.25) is 4.79 Å². The molecule has 1 saturated heterocycles. The lowest BCUT2D eigenvalue weighted by Crippen LogP contribution is -2.38. The molecule has 1 N–H and O–H groups in total. The molecule has 1 amide bonds. The lowest BCUT2D eigenvalue weighted by molar-refractivity contribution is -0.146. The van der Waals surface area contributed by atoms with Crippen LogP contribution in [0.4, 0.5) is 24.1 Å². The SMILES string of the molecule is Cc1ccc2nc(NC(=O)C3CCN(c4ccc5nnc(C(F)(F)F)n5n4)CC3)sc2c1. The number of alkyl halides is 3. The molecule has 8 nitrogen and oxygen atoms in total. The molecule has 0 saturated carbocycles. The van der Waals surface area contributed by atoms with Crippen molar-refractivity contribution >= 4 is 44.1 Å². The number of carbonyl (C=O) groups excluding carboxylic acids is 1. The molecule has 32 heavy (non-hydrogen) atoms. The van der Waals surface area contributed by atoms with Crippen LogP contribution < -0.4 is 10.2 Å². The van der Waals surface area contributed by atoms with Crippen molar-refractivity contribution < 1.29 is 18.0 Å². The number of anilines is 2. The summed E-state index contributed by atoms with van der Waals surface area (Å²) in [7, 11) is 0. The van der Waals surface area contributed by atoms with Crippen molar-refractivity contribution in [3.8, 4) is 0 Å². The van der Waals surface area contributed by atoms with Crippen LogP contribution in [-0.2, 0) is 11.0 Å². The summed E-state index contributed by atoms with van der Waals surface area (Å²) in [6.07, 6.45) is -3.52. The van der Waals surface area contributed by atoms with Gasteiger partial charge < -0.3 is 10.2 Å². The van der Waals surface area contributed by atoms with Crippen molar-refractivity contribution in [3.63, 3.8) is 0 Å². The molecule has 4 aromatic rings. The van der Waals surface area contributed by atoms with Crippen LogP contribution in [0.15, 0.2) is 30.3 Å². The minimum absolute atomic E-state index is 0.0290. The molecule has 12 heteroatoms. The quantitative estimate of drug-likeness (QED) is 0.498. The summed E-state index contributed by atoms with van der Waals surface area (Å²) in [4.78, 5) is 19.1. The predicted octanol–water partition coefficient (Wildman–Crippen LogP) is 3.92. The molecule has 0 radical (unpaired) electrons. The van der Waals surface area contributed by atoms with E-state index in [1.165, 1.54) is 17.4 Å². The molecule has 166 valence electrons. The fourth-order valence-electron chi connectivity index (χ4n) is 3.79. The van der Waals surface area contributed by atoms with Crippen LogP contribution in [-0.4, -0.2) is 43.8 Å². The number of hydrogen-bond acceptors (Lipinski definition) is 7. The highest BCUT2D eigenvalue weighted by Gasteiger charge is 2.38. The summed E-state index contributed by atoms with van der Waals surface area (Å²) >= 11 is 1.44. The maximum absolute atomic E-state index is 13.1. The van der Waals surface area contributed by atoms with E-state index in [0.717, 1.165) is 15.8 Å². The highest BCUT2D eigenvalue weighted by atomic mass is 32.1. The average molecular weight is 461 g/mol. The number of aryl methyl sites for hydroxylation is 1. The van der Waals surface area contributed by atoms with Gasteiger partial charge in [0.15, 0.2) is 10.8 Å². The molecule has 1 aliphatic heterocycles. The van der Waals surface area contributed by atoms with E-state index in [4.69, 9.17) is 0 Å². The number of rotatable bonds is 3. The normalized spacial score (nSPS) is 15.6. The van der Waals surface area contributed by atoms with Gasteiger partial charge in [0.1, 0.15) is 5.82 Å². The topological polar surface area (TPSA) is 88.3 Å². The van der Waals surface area contributed by atoms with Crippen molar-refractivity contribution in [2.24, 2.45) is 5.92 Å². The molecular weight excluding hydrogens is 443 g/mol. The number of amides is 1. The maximum Gasteiger partial charge on any atom is 0.453 e. The predicted molar refractivity (Wildman–Crippen MR) is 114 cm³/mol. The number of hydrogen-bond donors (Lipinski definition) is 1. The summed E-state index contributed by atoms with van der Waals surface area (Å²) in [5.74, 6) is -1.07. The Morgan fingerprint density at radius 1 is 1.16 bits per heavy atom. The van der Waals surface area contributed by atoms with E-state index in [2.05, 4.69) is 25.6 Å². The zero-order chi connectivity index (χ0) is 22.5. The summed E-state index contributed by atoms with van der Waals surface area (Å²) in [6.45, 7) is 3.00. The van der Waals surface area contributed by atoms with E-state index in [1.807, 2.05) is 30.0 Å². The van der Waals surface area contributed by atoms with Crippen molar-refractivity contribution in [1.82, 2.24) is 24.8 Å². The number of aromatic nitrogens is 5. The van der Waals surface area contributed by atoms with Crippen LogP contribution in [0.25, 0.3) is 15.9 Å². The monoisotopic (exact) mass is 461 g/mol. The van der Waals surface area contributed by atoms with E-state index >= 15 is 0 Å². The Morgan fingerprint density at radius 3 is 2.69 bits per heavy atom. The van der Waals surface area contributed by atoms with E-state index in [1.54, 1.807) is 6.07 Å². The number of thiazole rings is 1. The second-order valence-corrected chi connectivity index (χ2v) is 8.75. The number of fused-ring (bicyclic) bond motifs is 2. The number of benzene rings is 1. The van der Waals surface area contributed by atoms with E-state index < -0.39 is 12.0 Å². The summed E-state index contributed by atoms with van der Waals surface area (Å²) in [5, 5.41) is 14.3. The van der Waals surface area contributed by atoms with E-state index in [0.29, 0.717) is 41.4 Å². The van der Waals surface area contributed by atoms with Crippen LogP contribution in [0.1, 0.15) is 24.2 Å². The molecule has 0 atom stereocenters. The van der Waals surface area contributed by atoms with Crippen molar-refractivity contribution in [2.45, 2.75) is 25.9 Å². The van der Waals surface area contributed by atoms with Gasteiger partial charge in [0.25, 0.3) is 5.82 Å². The van der Waals surface area contributed by atoms with Gasteiger partial charge in [0.2, 0.25) is 5.91 Å². The Morgan fingerprint density at radius 2 is 1.94 bits per heavy atom. The third-order valence-corrected chi connectivity index (χ3v) is 6.40. The van der Waals surface area contributed by atoms with Crippen LogP contribution in [0.5, 0.6) is 0 Å². The van der Waals surface area contributed by atoms with Crippen LogP contribution in [0.3, 0.4) is 0 Å². The van der Waals surface area contributed by atoms with Gasteiger partial charge in [-0.05, 0) is 49.6 Å². The highest BCUT2D eigenvalue weighted by Crippen LogP contribution is 2.30. The Labute approximate surface area is 184 Å². The second-order valence-electron chi connectivity index (χ2n) is 7.72. The third-order valence-electron chi connectivity index (χ3n) is 5.47. The molecule has 5 rings (SSSR count). The van der Waals surface area contributed by atoms with Crippen LogP contribution in [0.2, 0.25) is 0 Å². The molecule has 0 spiro atoms. The summed E-state index contributed by atoms with van der Waals surface area (Å²) in [5.41, 5.74) is 2.01. The molecule has 3 aromatic heterocycles. The number of nitrogens with one attached hydrogen (secondary N) is 1. The lowest BCUT2D eigenvalue weighted by atomic mass is 9.96. The highest BCUT2D eigenvalue weighted by molar-refractivity contribution is 7.22. The van der Waals surface area contributed by atoms with Gasteiger partial charge >= 0.3 is 6.18 Å². The first-order chi connectivity index (χ1) is 15.3. The smallest absolute Gasteiger partial charge is 0.355 e. The largest absolute Gasteiger partial charge is 0.453 e. The van der Waals surface area contributed by atoms with E-state index in [-0.39, 0.29) is 17.5 Å². The van der Waals surface area contributed by atoms with Gasteiger partial charge in [-0.2, -0.15) is 17.7 Å². The minimum Gasteiger partial charge on any atom is -0.355 e. The molecule has 0 unspecified atom stereocenters. The van der Waals surface area contributed by atoms with Gasteiger partial charge in [0.05, 0.1) is 10.2 Å².